The van der Waals surface area contributed by atoms with Crippen molar-refractivity contribution in [3.8, 4) is 0 Å². The minimum atomic E-state index is 0. The van der Waals surface area contributed by atoms with Crippen LogP contribution in [0.4, 0.5) is 0 Å². The molecule has 2 heterocycles. The van der Waals surface area contributed by atoms with Gasteiger partial charge < -0.3 is 15.5 Å². The topological polar surface area (TPSA) is 66.6 Å². The summed E-state index contributed by atoms with van der Waals surface area (Å²) in [6, 6.07) is 10.3. The summed E-state index contributed by atoms with van der Waals surface area (Å²) in [5.41, 5.74) is 7.12. The first-order valence-corrected chi connectivity index (χ1v) is 10.4. The molecule has 3 rings (SSSR count). The van der Waals surface area contributed by atoms with Gasteiger partial charge in [-0.1, -0.05) is 37.3 Å². The highest BCUT2D eigenvalue weighted by Crippen LogP contribution is 2.27. The average Bonchev–Trinajstić information content (AvgIpc) is 2.72. The number of rotatable bonds is 5. The first-order valence-electron chi connectivity index (χ1n) is 10.4. The van der Waals surface area contributed by atoms with E-state index in [1.54, 1.807) is 0 Å². The van der Waals surface area contributed by atoms with Gasteiger partial charge >= 0.3 is 0 Å². The number of piperidine rings is 2. The second-order valence-electron chi connectivity index (χ2n) is 8.19. The van der Waals surface area contributed by atoms with E-state index in [1.807, 2.05) is 28.0 Å². The molecule has 156 valence electrons. The Hall–Kier alpha value is -1.59. The molecule has 0 spiro atoms. The third-order valence-corrected chi connectivity index (χ3v) is 6.20. The van der Waals surface area contributed by atoms with Gasteiger partial charge in [-0.25, -0.2) is 0 Å². The number of hydrogen-bond donors (Lipinski definition) is 1. The molecular formula is C22H34ClN3O2. The lowest BCUT2D eigenvalue weighted by molar-refractivity contribution is -0.144. The maximum absolute atomic E-state index is 13.0. The van der Waals surface area contributed by atoms with E-state index in [0.717, 1.165) is 38.6 Å². The van der Waals surface area contributed by atoms with Crippen LogP contribution < -0.4 is 5.73 Å². The number of benzene rings is 1. The monoisotopic (exact) mass is 407 g/mol. The summed E-state index contributed by atoms with van der Waals surface area (Å²) < 4.78 is 0. The zero-order chi connectivity index (χ0) is 19.2. The lowest BCUT2D eigenvalue weighted by Crippen LogP contribution is -2.52. The van der Waals surface area contributed by atoms with Gasteiger partial charge in [-0.15, -0.1) is 12.4 Å². The van der Waals surface area contributed by atoms with Gasteiger partial charge in [0.1, 0.15) is 0 Å². The molecule has 0 bridgehead atoms. The molecule has 0 saturated carbocycles. The van der Waals surface area contributed by atoms with Crippen LogP contribution in [-0.4, -0.2) is 53.8 Å². The van der Waals surface area contributed by atoms with Crippen molar-refractivity contribution in [2.45, 2.75) is 51.5 Å². The van der Waals surface area contributed by atoms with E-state index in [0.29, 0.717) is 32.0 Å². The fraction of sp³-hybridized carbons (Fsp3) is 0.636. The summed E-state index contributed by atoms with van der Waals surface area (Å²) in [6.07, 6.45) is 4.96. The fourth-order valence-corrected chi connectivity index (χ4v) is 4.43. The molecule has 2 fully saturated rings. The van der Waals surface area contributed by atoms with Crippen LogP contribution in [0.15, 0.2) is 30.3 Å². The molecule has 2 saturated heterocycles. The Morgan fingerprint density at radius 3 is 2.39 bits per heavy atom. The summed E-state index contributed by atoms with van der Waals surface area (Å²) in [7, 11) is 0. The van der Waals surface area contributed by atoms with E-state index in [4.69, 9.17) is 5.73 Å². The zero-order valence-corrected chi connectivity index (χ0v) is 17.7. The highest BCUT2D eigenvalue weighted by Gasteiger charge is 2.35. The number of nitrogens with zero attached hydrogens (tertiary/aromatic N) is 2. The molecule has 6 heteroatoms. The predicted molar refractivity (Wildman–Crippen MR) is 114 cm³/mol. The third kappa shape index (κ3) is 5.71. The van der Waals surface area contributed by atoms with Crippen molar-refractivity contribution in [3.05, 3.63) is 35.9 Å². The molecule has 0 radical (unpaired) electrons. The molecule has 28 heavy (non-hydrogen) atoms. The van der Waals surface area contributed by atoms with Crippen LogP contribution in [0.2, 0.25) is 0 Å². The highest BCUT2D eigenvalue weighted by molar-refractivity contribution is 5.85. The Morgan fingerprint density at radius 2 is 1.75 bits per heavy atom. The molecule has 2 N–H and O–H groups in total. The predicted octanol–water partition coefficient (Wildman–Crippen LogP) is 2.87. The lowest BCUT2D eigenvalue weighted by atomic mass is 9.89. The quantitative estimate of drug-likeness (QED) is 0.816. The Bertz CT molecular complexity index is 632. The summed E-state index contributed by atoms with van der Waals surface area (Å²) in [5.74, 6) is 1.16. The van der Waals surface area contributed by atoms with Crippen LogP contribution in [-0.2, 0) is 16.0 Å². The molecule has 2 aliphatic heterocycles. The van der Waals surface area contributed by atoms with Gasteiger partial charge in [-0.3, -0.25) is 9.59 Å². The van der Waals surface area contributed by atoms with Crippen molar-refractivity contribution in [1.82, 2.24) is 9.80 Å². The number of nitrogens with two attached hydrogens (primary N) is 1. The normalized spacial score (nSPS) is 23.2. The largest absolute Gasteiger partial charge is 0.343 e. The molecule has 1 aromatic rings. The number of carbonyl (C=O) groups is 2. The fourth-order valence-electron chi connectivity index (χ4n) is 4.43. The summed E-state index contributed by atoms with van der Waals surface area (Å²) in [5, 5.41) is 0. The number of hydrogen-bond acceptors (Lipinski definition) is 3. The summed E-state index contributed by atoms with van der Waals surface area (Å²) in [4.78, 5) is 29.4. The maximum atomic E-state index is 13.0. The minimum absolute atomic E-state index is 0. The van der Waals surface area contributed by atoms with Crippen molar-refractivity contribution in [1.29, 1.82) is 0 Å². The Balaban J connectivity index is 0.00000280. The van der Waals surface area contributed by atoms with E-state index in [9.17, 15) is 9.59 Å². The average molecular weight is 408 g/mol. The van der Waals surface area contributed by atoms with Gasteiger partial charge in [-0.2, -0.15) is 0 Å². The molecule has 2 aliphatic rings. The van der Waals surface area contributed by atoms with E-state index in [-0.39, 0.29) is 36.2 Å². The standard InChI is InChI=1S/C22H33N3O2.ClH/c1-17-9-14-25(20(15-17)16-23)22(27)19-10-12-24(13-11-19)21(26)8-7-18-5-3-2-4-6-18;/h2-6,17,19-20H,7-16,23H2,1H3;1H. The van der Waals surface area contributed by atoms with Crippen LogP contribution in [0.3, 0.4) is 0 Å². The van der Waals surface area contributed by atoms with Gasteiger partial charge in [0.25, 0.3) is 0 Å². The van der Waals surface area contributed by atoms with Crippen LogP contribution in [0, 0.1) is 11.8 Å². The van der Waals surface area contributed by atoms with E-state index in [2.05, 4.69) is 19.1 Å². The minimum Gasteiger partial charge on any atom is -0.343 e. The molecule has 0 aliphatic carbocycles. The van der Waals surface area contributed by atoms with Gasteiger partial charge in [0.05, 0.1) is 0 Å². The summed E-state index contributed by atoms with van der Waals surface area (Å²) >= 11 is 0. The van der Waals surface area contributed by atoms with Crippen LogP contribution in [0.1, 0.15) is 44.6 Å². The first kappa shape index (κ1) is 22.7. The molecule has 0 aromatic heterocycles. The van der Waals surface area contributed by atoms with Crippen molar-refractivity contribution < 1.29 is 9.59 Å². The second-order valence-corrected chi connectivity index (χ2v) is 8.19. The Labute approximate surface area is 175 Å². The van der Waals surface area contributed by atoms with Crippen LogP contribution >= 0.6 is 12.4 Å². The SMILES string of the molecule is CC1CCN(C(=O)C2CCN(C(=O)CCc3ccccc3)CC2)C(CN)C1.Cl. The van der Waals surface area contributed by atoms with Gasteiger partial charge in [0.2, 0.25) is 11.8 Å². The van der Waals surface area contributed by atoms with E-state index < -0.39 is 0 Å². The molecule has 2 unspecified atom stereocenters. The molecule has 1 aromatic carbocycles. The van der Waals surface area contributed by atoms with Crippen molar-refractivity contribution >= 4 is 24.2 Å². The highest BCUT2D eigenvalue weighted by atomic mass is 35.5. The van der Waals surface area contributed by atoms with Crippen LogP contribution in [0.5, 0.6) is 0 Å². The Morgan fingerprint density at radius 1 is 1.07 bits per heavy atom. The lowest BCUT2D eigenvalue weighted by Gasteiger charge is -2.41. The van der Waals surface area contributed by atoms with Crippen molar-refractivity contribution in [2.24, 2.45) is 17.6 Å². The molecule has 2 atom stereocenters. The third-order valence-electron chi connectivity index (χ3n) is 6.20. The van der Waals surface area contributed by atoms with Gasteiger partial charge in [0.15, 0.2) is 0 Å². The Kier molecular flexibility index (Phi) is 8.77. The molecule has 2 amide bonds. The number of halogens is 1. The molecular weight excluding hydrogens is 374 g/mol. The van der Waals surface area contributed by atoms with Gasteiger partial charge in [-0.05, 0) is 43.6 Å². The summed E-state index contributed by atoms with van der Waals surface area (Å²) in [6.45, 7) is 5.01. The first-order chi connectivity index (χ1) is 13.1. The zero-order valence-electron chi connectivity index (χ0n) is 16.9. The maximum Gasteiger partial charge on any atom is 0.226 e. The van der Waals surface area contributed by atoms with E-state index >= 15 is 0 Å². The number of aryl methyl sites for hydroxylation is 1. The van der Waals surface area contributed by atoms with Crippen molar-refractivity contribution in [3.63, 3.8) is 0 Å². The van der Waals surface area contributed by atoms with Crippen LogP contribution in [0.25, 0.3) is 0 Å². The van der Waals surface area contributed by atoms with Gasteiger partial charge in [0, 0.05) is 44.6 Å². The molecule has 5 nitrogen and oxygen atoms in total. The number of likely N-dealkylation sites (tertiary alicyclic amines) is 2. The smallest absolute Gasteiger partial charge is 0.226 e. The van der Waals surface area contributed by atoms with Crippen molar-refractivity contribution in [2.75, 3.05) is 26.2 Å². The number of carbonyl (C=O) groups excluding carboxylic acids is 2. The number of amides is 2. The second kappa shape index (κ2) is 10.8. The van der Waals surface area contributed by atoms with E-state index in [1.165, 1.54) is 5.56 Å².